The zero-order valence-corrected chi connectivity index (χ0v) is 15.7. The number of nitrogens with one attached hydrogen (secondary N) is 2. The molecule has 1 aliphatic heterocycles. The van der Waals surface area contributed by atoms with Crippen LogP contribution in [0.15, 0.2) is 30.3 Å². The van der Waals surface area contributed by atoms with E-state index in [9.17, 15) is 38.5 Å². The third-order valence-corrected chi connectivity index (χ3v) is 4.58. The lowest BCUT2D eigenvalue weighted by molar-refractivity contribution is -0.292. The molecule has 1 fully saturated rings. The van der Waals surface area contributed by atoms with Gasteiger partial charge in [-0.1, -0.05) is 18.2 Å². The van der Waals surface area contributed by atoms with Gasteiger partial charge in [0.15, 0.2) is 6.17 Å². The number of halogens is 2. The van der Waals surface area contributed by atoms with Gasteiger partial charge in [-0.15, -0.1) is 0 Å². The third-order valence-electron chi connectivity index (χ3n) is 4.58. The van der Waals surface area contributed by atoms with Gasteiger partial charge in [-0.3, -0.25) is 9.59 Å². The molecule has 0 aliphatic carbocycles. The molecule has 6 N–H and O–H groups in total. The number of rotatable bonds is 7. The molecule has 7 unspecified atom stereocenters. The first-order chi connectivity index (χ1) is 14.0. The summed E-state index contributed by atoms with van der Waals surface area (Å²) in [6.07, 6.45) is -11.5. The van der Waals surface area contributed by atoms with E-state index in [0.717, 1.165) is 6.92 Å². The summed E-state index contributed by atoms with van der Waals surface area (Å²) in [5, 5.41) is 43.8. The predicted molar refractivity (Wildman–Crippen MR) is 95.6 cm³/mol. The molecule has 7 atom stereocenters. The van der Waals surface area contributed by atoms with Gasteiger partial charge in [0.05, 0.1) is 12.1 Å². The average Bonchev–Trinajstić information content (AvgIpc) is 2.71. The van der Waals surface area contributed by atoms with Crippen LogP contribution in [0.4, 0.5) is 8.78 Å². The molecule has 0 radical (unpaired) electrons. The summed E-state index contributed by atoms with van der Waals surface area (Å²) in [6.45, 7) is 0.400. The minimum absolute atomic E-state index is 0.244. The van der Waals surface area contributed by atoms with Crippen molar-refractivity contribution in [1.29, 1.82) is 0 Å². The standard InChI is InChI=1S/C18H22F2N2O8/c1-8(23)22-11-13(26)15(19)18(20,17(28)29)30-14(11)12(25)10(24)7-21-16(27)9-5-3-2-4-6-9/h2-6,10-15,24-26H,7H2,1H3,(H,21,27)(H,22,23)(H,28,29). The Kier molecular flexibility index (Phi) is 7.42. The molecule has 12 heteroatoms. The monoisotopic (exact) mass is 432 g/mol. The number of hydrogen-bond acceptors (Lipinski definition) is 7. The Hall–Kier alpha value is -2.67. The van der Waals surface area contributed by atoms with Crippen LogP contribution in [0.1, 0.15) is 17.3 Å². The minimum Gasteiger partial charge on any atom is -0.477 e. The Bertz CT molecular complexity index is 783. The summed E-state index contributed by atoms with van der Waals surface area (Å²) in [7, 11) is 0. The van der Waals surface area contributed by atoms with E-state index < -0.39 is 66.8 Å². The van der Waals surface area contributed by atoms with Gasteiger partial charge in [0.1, 0.15) is 18.3 Å². The number of carboxylic acid groups (broad SMARTS) is 1. The van der Waals surface area contributed by atoms with E-state index in [1.165, 1.54) is 12.1 Å². The van der Waals surface area contributed by atoms with E-state index in [-0.39, 0.29) is 5.56 Å². The fourth-order valence-electron chi connectivity index (χ4n) is 3.01. The maximum absolute atomic E-state index is 14.5. The quantitative estimate of drug-likeness (QED) is 0.303. The summed E-state index contributed by atoms with van der Waals surface area (Å²) in [6, 6.07) is 6.04. The summed E-state index contributed by atoms with van der Waals surface area (Å²) >= 11 is 0. The summed E-state index contributed by atoms with van der Waals surface area (Å²) in [5.41, 5.74) is 0.244. The predicted octanol–water partition coefficient (Wildman–Crippen LogP) is -1.51. The maximum Gasteiger partial charge on any atom is 0.372 e. The van der Waals surface area contributed by atoms with Gasteiger partial charge in [-0.2, -0.15) is 4.39 Å². The van der Waals surface area contributed by atoms with Crippen LogP contribution in [0.5, 0.6) is 0 Å². The molecule has 30 heavy (non-hydrogen) atoms. The molecule has 0 aromatic heterocycles. The largest absolute Gasteiger partial charge is 0.477 e. The van der Waals surface area contributed by atoms with Crippen LogP contribution in [-0.2, 0) is 14.3 Å². The van der Waals surface area contributed by atoms with Crippen LogP contribution in [0.25, 0.3) is 0 Å². The van der Waals surface area contributed by atoms with E-state index in [2.05, 4.69) is 10.1 Å². The number of benzene rings is 1. The molecular weight excluding hydrogens is 410 g/mol. The van der Waals surface area contributed by atoms with Gasteiger partial charge in [0, 0.05) is 19.0 Å². The smallest absolute Gasteiger partial charge is 0.372 e. The van der Waals surface area contributed by atoms with Crippen molar-refractivity contribution in [2.75, 3.05) is 6.54 Å². The zero-order chi connectivity index (χ0) is 22.6. The van der Waals surface area contributed by atoms with Crippen molar-refractivity contribution >= 4 is 17.8 Å². The normalized spacial score (nSPS) is 30.7. The Morgan fingerprint density at radius 1 is 1.23 bits per heavy atom. The number of carbonyl (C=O) groups excluding carboxylic acids is 2. The molecule has 1 aliphatic rings. The number of carboxylic acids is 1. The van der Waals surface area contributed by atoms with E-state index >= 15 is 0 Å². The van der Waals surface area contributed by atoms with E-state index in [4.69, 9.17) is 5.11 Å². The molecule has 0 bridgehead atoms. The minimum atomic E-state index is -4.03. The maximum atomic E-state index is 14.5. The van der Waals surface area contributed by atoms with Gasteiger partial charge >= 0.3 is 11.8 Å². The molecule has 166 valence electrons. The third kappa shape index (κ3) is 4.90. The summed E-state index contributed by atoms with van der Waals surface area (Å²) in [4.78, 5) is 34.5. The van der Waals surface area contributed by atoms with Crippen LogP contribution < -0.4 is 10.6 Å². The van der Waals surface area contributed by atoms with Gasteiger partial charge in [0.25, 0.3) is 5.91 Å². The molecule has 1 saturated heterocycles. The summed E-state index contributed by atoms with van der Waals surface area (Å²) < 4.78 is 33.3. The van der Waals surface area contributed by atoms with Crippen LogP contribution in [-0.4, -0.2) is 87.2 Å². The van der Waals surface area contributed by atoms with Crippen LogP contribution >= 0.6 is 0 Å². The number of amides is 2. The highest BCUT2D eigenvalue weighted by atomic mass is 19.2. The molecule has 1 aromatic carbocycles. The second kappa shape index (κ2) is 9.43. The number of aliphatic hydroxyl groups is 3. The van der Waals surface area contributed by atoms with Crippen molar-refractivity contribution in [3.63, 3.8) is 0 Å². The topological polar surface area (TPSA) is 165 Å². The molecule has 0 saturated carbocycles. The van der Waals surface area contributed by atoms with E-state index in [1.807, 2.05) is 5.32 Å². The molecule has 1 heterocycles. The van der Waals surface area contributed by atoms with Crippen molar-refractivity contribution < 1.29 is 48.3 Å². The Morgan fingerprint density at radius 3 is 2.37 bits per heavy atom. The highest BCUT2D eigenvalue weighted by Gasteiger charge is 2.62. The number of aliphatic carboxylic acids is 1. The SMILES string of the molecule is CC(=O)NC1C(O)C(F)C(F)(C(=O)O)OC1C(O)C(O)CNC(=O)c1ccccc1. The van der Waals surface area contributed by atoms with Gasteiger partial charge in [-0.05, 0) is 12.1 Å². The van der Waals surface area contributed by atoms with Crippen LogP contribution in [0, 0.1) is 0 Å². The lowest BCUT2D eigenvalue weighted by atomic mass is 9.87. The van der Waals surface area contributed by atoms with Gasteiger partial charge in [-0.25, -0.2) is 9.18 Å². The first kappa shape index (κ1) is 23.6. The first-order valence-corrected chi connectivity index (χ1v) is 8.87. The lowest BCUT2D eigenvalue weighted by Gasteiger charge is -2.45. The van der Waals surface area contributed by atoms with Crippen molar-refractivity contribution in [3.05, 3.63) is 35.9 Å². The molecule has 0 spiro atoms. The Morgan fingerprint density at radius 2 is 1.83 bits per heavy atom. The molecule has 2 rings (SSSR count). The molecule has 10 nitrogen and oxygen atoms in total. The Labute approximate surface area is 169 Å². The van der Waals surface area contributed by atoms with Crippen molar-refractivity contribution in [1.82, 2.24) is 10.6 Å². The van der Waals surface area contributed by atoms with Crippen molar-refractivity contribution in [3.8, 4) is 0 Å². The van der Waals surface area contributed by atoms with Crippen molar-refractivity contribution in [2.24, 2.45) is 0 Å². The highest BCUT2D eigenvalue weighted by molar-refractivity contribution is 5.94. The highest BCUT2D eigenvalue weighted by Crippen LogP contribution is 2.35. The number of ether oxygens (including phenoxy) is 1. The molecular formula is C18H22F2N2O8. The second-order valence-corrected chi connectivity index (χ2v) is 6.79. The van der Waals surface area contributed by atoms with Crippen molar-refractivity contribution in [2.45, 2.75) is 49.4 Å². The summed E-state index contributed by atoms with van der Waals surface area (Å²) in [5.74, 6) is -7.87. The van der Waals surface area contributed by atoms with E-state index in [1.54, 1.807) is 18.2 Å². The number of hydrogen-bond donors (Lipinski definition) is 6. The first-order valence-electron chi connectivity index (χ1n) is 8.87. The van der Waals surface area contributed by atoms with Gasteiger partial charge in [0.2, 0.25) is 5.91 Å². The fourth-order valence-corrected chi connectivity index (χ4v) is 3.01. The molecule has 2 amide bonds. The fraction of sp³-hybridized carbons (Fsp3) is 0.500. The van der Waals surface area contributed by atoms with Crippen LogP contribution in [0.2, 0.25) is 0 Å². The number of aliphatic hydroxyl groups excluding tert-OH is 3. The van der Waals surface area contributed by atoms with E-state index in [0.29, 0.717) is 0 Å². The average molecular weight is 432 g/mol. The number of carbonyl (C=O) groups is 3. The zero-order valence-electron chi connectivity index (χ0n) is 15.7. The lowest BCUT2D eigenvalue weighted by Crippen LogP contribution is -2.71. The van der Waals surface area contributed by atoms with Gasteiger partial charge < -0.3 is 35.8 Å². The number of alkyl halides is 2. The second-order valence-electron chi connectivity index (χ2n) is 6.79. The molecule has 1 aromatic rings. The Balaban J connectivity index is 2.17. The van der Waals surface area contributed by atoms with Crippen LogP contribution in [0.3, 0.4) is 0 Å².